The third-order valence-electron chi connectivity index (χ3n) is 5.84. The summed E-state index contributed by atoms with van der Waals surface area (Å²) in [5.74, 6) is 1.19. The van der Waals surface area contributed by atoms with Crippen LogP contribution in [-0.2, 0) is 0 Å². The van der Waals surface area contributed by atoms with E-state index in [4.69, 9.17) is 5.11 Å². The fraction of sp³-hybridized carbons (Fsp3) is 0.692. The second-order valence-corrected chi connectivity index (χ2v) is 8.15. The molecule has 0 aliphatic rings. The zero-order valence-electron chi connectivity index (χ0n) is 19.1. The number of hydrogen-bond donors (Lipinski definition) is 0. The van der Waals surface area contributed by atoms with Crippen molar-refractivity contribution in [3.63, 3.8) is 0 Å². The largest absolute Gasteiger partial charge is 0.159 e. The lowest BCUT2D eigenvalue weighted by Crippen LogP contribution is -2.05. The second kappa shape index (κ2) is 15.5. The molecule has 0 saturated heterocycles. The summed E-state index contributed by atoms with van der Waals surface area (Å²) in [4.78, 5) is 0. The van der Waals surface area contributed by atoms with Crippen LogP contribution >= 0.6 is 0 Å². The highest BCUT2D eigenvalue weighted by Gasteiger charge is 2.21. The van der Waals surface area contributed by atoms with Crippen LogP contribution in [0.2, 0.25) is 0 Å². The van der Waals surface area contributed by atoms with Crippen LogP contribution in [-0.4, -0.2) is 0 Å². The molecule has 2 nitrogen and oxygen atoms in total. The third kappa shape index (κ3) is 8.29. The Labute approximate surface area is 174 Å². The van der Waals surface area contributed by atoms with Crippen LogP contribution < -0.4 is 0 Å². The smallest absolute Gasteiger partial charge is 0.0926 e. The number of benzene rings is 1. The molecule has 0 bridgehead atoms. The van der Waals surface area contributed by atoms with Crippen LogP contribution in [0, 0.1) is 0 Å². The van der Waals surface area contributed by atoms with Gasteiger partial charge in [-0.1, -0.05) is 104 Å². The molecule has 1 rings (SSSR count). The van der Waals surface area contributed by atoms with Crippen molar-refractivity contribution in [3.8, 4) is 0 Å². The van der Waals surface area contributed by atoms with Gasteiger partial charge in [0.25, 0.3) is 0 Å². The van der Waals surface area contributed by atoms with Gasteiger partial charge >= 0.3 is 0 Å². The molecule has 0 unspecified atom stereocenters. The van der Waals surface area contributed by atoms with Gasteiger partial charge in [0.1, 0.15) is 0 Å². The van der Waals surface area contributed by atoms with Crippen molar-refractivity contribution < 1.29 is 0 Å². The second-order valence-electron chi connectivity index (χ2n) is 8.15. The van der Waals surface area contributed by atoms with Gasteiger partial charge in [0, 0.05) is 6.20 Å². The molecule has 0 radical (unpaired) electrons. The first-order valence-electron chi connectivity index (χ1n) is 11.9. The molecule has 0 aliphatic heterocycles. The Morgan fingerprint density at radius 2 is 1.14 bits per heavy atom. The minimum atomic E-state index is 0.594. The maximum atomic E-state index is 4.71. The summed E-state index contributed by atoms with van der Waals surface area (Å²) in [6, 6.07) is 6.90. The summed E-state index contributed by atoms with van der Waals surface area (Å²) >= 11 is 0. The predicted molar refractivity (Wildman–Crippen MR) is 125 cm³/mol. The molecule has 0 aromatic heterocycles. The van der Waals surface area contributed by atoms with Crippen LogP contribution in [0.3, 0.4) is 0 Å². The summed E-state index contributed by atoms with van der Waals surface area (Å²) in [7, 11) is 0. The highest BCUT2D eigenvalue weighted by Crippen LogP contribution is 2.42. The Balaban J connectivity index is 3.35. The molecular formula is C26H44N2. The van der Waals surface area contributed by atoms with Crippen LogP contribution in [0.1, 0.15) is 128 Å². The van der Waals surface area contributed by atoms with E-state index in [-0.39, 0.29) is 0 Å². The molecule has 0 amide bonds. The molecule has 1 aromatic rings. The first-order valence-corrected chi connectivity index (χ1v) is 11.9. The van der Waals surface area contributed by atoms with Gasteiger partial charge in [-0.2, -0.15) is 10.2 Å². The van der Waals surface area contributed by atoms with E-state index in [1.54, 1.807) is 6.20 Å². The van der Waals surface area contributed by atoms with Crippen molar-refractivity contribution in [2.45, 2.75) is 117 Å². The molecule has 158 valence electrons. The van der Waals surface area contributed by atoms with Crippen molar-refractivity contribution in [1.82, 2.24) is 0 Å². The molecule has 0 heterocycles. The lowest BCUT2D eigenvalue weighted by atomic mass is 9.82. The summed E-state index contributed by atoms with van der Waals surface area (Å²) in [5.41, 5.74) is 3.99. The Kier molecular flexibility index (Phi) is 13.6. The van der Waals surface area contributed by atoms with Crippen molar-refractivity contribution in [1.29, 1.82) is 0 Å². The van der Waals surface area contributed by atoms with E-state index in [1.807, 2.05) is 0 Å². The SMILES string of the molecule is C=CN=Nc1c(C(CCCC)CCCC)cccc1C(CCCC)CCCC. The van der Waals surface area contributed by atoms with Gasteiger partial charge < -0.3 is 0 Å². The van der Waals surface area contributed by atoms with Gasteiger partial charge in [0.05, 0.1) is 5.69 Å². The summed E-state index contributed by atoms with van der Waals surface area (Å²) in [6.07, 6.45) is 16.7. The topological polar surface area (TPSA) is 24.7 Å². The Bertz CT molecular complexity index is 507. The Hall–Kier alpha value is -1.44. The van der Waals surface area contributed by atoms with Crippen LogP contribution in [0.15, 0.2) is 41.2 Å². The molecule has 1 aromatic carbocycles. The molecular weight excluding hydrogens is 340 g/mol. The summed E-state index contributed by atoms with van der Waals surface area (Å²) in [6.45, 7) is 12.9. The van der Waals surface area contributed by atoms with E-state index in [9.17, 15) is 0 Å². The lowest BCUT2D eigenvalue weighted by molar-refractivity contribution is 0.515. The standard InChI is InChI=1S/C26H44N2/c1-6-11-16-22(17-12-7-2)24-20-15-21-25(26(24)28-27-10-5)23(18-13-8-3)19-14-9-4/h10,15,20-23H,5-9,11-14,16-19H2,1-4H3. The molecule has 0 saturated carbocycles. The number of hydrogen-bond acceptors (Lipinski definition) is 2. The normalized spacial score (nSPS) is 11.8. The summed E-state index contributed by atoms with van der Waals surface area (Å²) < 4.78 is 0. The van der Waals surface area contributed by atoms with Crippen molar-refractivity contribution >= 4 is 5.69 Å². The lowest BCUT2D eigenvalue weighted by Gasteiger charge is -2.24. The van der Waals surface area contributed by atoms with Gasteiger partial charge in [-0.05, 0) is 48.6 Å². The van der Waals surface area contributed by atoms with Crippen molar-refractivity contribution in [2.75, 3.05) is 0 Å². The molecule has 0 spiro atoms. The molecule has 0 fully saturated rings. The molecule has 28 heavy (non-hydrogen) atoms. The monoisotopic (exact) mass is 384 g/mol. The zero-order valence-corrected chi connectivity index (χ0v) is 19.1. The van der Waals surface area contributed by atoms with Crippen LogP contribution in [0.4, 0.5) is 5.69 Å². The minimum Gasteiger partial charge on any atom is -0.159 e. The van der Waals surface area contributed by atoms with Gasteiger partial charge in [-0.3, -0.25) is 0 Å². The molecule has 2 heteroatoms. The van der Waals surface area contributed by atoms with Gasteiger partial charge in [-0.15, -0.1) is 0 Å². The third-order valence-corrected chi connectivity index (χ3v) is 5.84. The Morgan fingerprint density at radius 3 is 1.46 bits per heavy atom. The predicted octanol–water partition coefficient (Wildman–Crippen LogP) is 9.84. The zero-order chi connectivity index (χ0) is 20.6. The fourth-order valence-corrected chi connectivity index (χ4v) is 4.17. The number of nitrogens with zero attached hydrogens (tertiary/aromatic N) is 2. The Morgan fingerprint density at radius 1 is 0.750 bits per heavy atom. The van der Waals surface area contributed by atoms with Gasteiger partial charge in [-0.25, -0.2) is 0 Å². The first-order chi connectivity index (χ1) is 13.7. The van der Waals surface area contributed by atoms with E-state index >= 15 is 0 Å². The number of rotatable bonds is 16. The number of azo groups is 1. The highest BCUT2D eigenvalue weighted by molar-refractivity contribution is 5.56. The quantitative estimate of drug-likeness (QED) is 0.253. The number of unbranched alkanes of at least 4 members (excludes halogenated alkanes) is 4. The van der Waals surface area contributed by atoms with Gasteiger partial charge in [0.15, 0.2) is 0 Å². The van der Waals surface area contributed by atoms with E-state index < -0.39 is 0 Å². The van der Waals surface area contributed by atoms with E-state index in [0.717, 1.165) is 5.69 Å². The fourth-order valence-electron chi connectivity index (χ4n) is 4.17. The van der Waals surface area contributed by atoms with Crippen molar-refractivity contribution in [2.24, 2.45) is 10.2 Å². The average Bonchev–Trinajstić information content (AvgIpc) is 2.72. The van der Waals surface area contributed by atoms with E-state index in [2.05, 4.69) is 57.6 Å². The highest BCUT2D eigenvalue weighted by atomic mass is 15.1. The van der Waals surface area contributed by atoms with E-state index in [0.29, 0.717) is 11.8 Å². The average molecular weight is 385 g/mol. The molecule has 0 aliphatic carbocycles. The van der Waals surface area contributed by atoms with E-state index in [1.165, 1.54) is 88.2 Å². The maximum Gasteiger partial charge on any atom is 0.0926 e. The van der Waals surface area contributed by atoms with Crippen molar-refractivity contribution in [3.05, 3.63) is 42.1 Å². The summed E-state index contributed by atoms with van der Waals surface area (Å²) in [5, 5.41) is 8.94. The molecule has 0 N–H and O–H groups in total. The first kappa shape index (κ1) is 24.6. The van der Waals surface area contributed by atoms with Crippen LogP contribution in [0.5, 0.6) is 0 Å². The molecule has 0 atom stereocenters. The minimum absolute atomic E-state index is 0.594. The maximum absolute atomic E-state index is 4.71. The van der Waals surface area contributed by atoms with Gasteiger partial charge in [0.2, 0.25) is 0 Å². The van der Waals surface area contributed by atoms with Crippen LogP contribution in [0.25, 0.3) is 0 Å².